The molecule has 1 amide bonds. The number of H-pyrrole nitrogens is 1. The molecule has 0 aliphatic carbocycles. The number of rotatable bonds is 7. The lowest BCUT2D eigenvalue weighted by Crippen LogP contribution is -2.17. The maximum atomic E-state index is 13.1. The number of carbonyl (C=O) groups is 1. The molecule has 0 bridgehead atoms. The molecule has 0 aliphatic rings. The van der Waals surface area contributed by atoms with Crippen LogP contribution in [-0.2, 0) is 17.4 Å². The molecule has 11 heteroatoms. The molecular formula is C25H20F3N5O3. The van der Waals surface area contributed by atoms with Crippen LogP contribution in [0.1, 0.15) is 30.7 Å². The second kappa shape index (κ2) is 9.42. The molecule has 3 N–H and O–H groups in total. The van der Waals surface area contributed by atoms with Crippen LogP contribution in [0.15, 0.2) is 59.0 Å². The van der Waals surface area contributed by atoms with E-state index in [2.05, 4.69) is 20.2 Å². The van der Waals surface area contributed by atoms with Gasteiger partial charge in [0, 0.05) is 34.7 Å². The second-order valence-electron chi connectivity index (χ2n) is 8.27. The van der Waals surface area contributed by atoms with Crippen molar-refractivity contribution >= 4 is 27.7 Å². The number of nitrogens with zero attached hydrogens (tertiary/aromatic N) is 3. The molecular weight excluding hydrogens is 475 g/mol. The number of carbonyl (C=O) groups excluding carboxylic acids is 1. The molecule has 2 aromatic carbocycles. The quantitative estimate of drug-likeness (QED) is 0.152. The van der Waals surface area contributed by atoms with Gasteiger partial charge in [0.25, 0.3) is 5.89 Å². The van der Waals surface area contributed by atoms with Gasteiger partial charge in [-0.25, -0.2) is 10.5 Å². The first-order valence-corrected chi connectivity index (χ1v) is 11.2. The van der Waals surface area contributed by atoms with Gasteiger partial charge in [-0.05, 0) is 37.1 Å². The third-order valence-corrected chi connectivity index (χ3v) is 5.84. The molecule has 0 saturated heterocycles. The van der Waals surface area contributed by atoms with Crippen molar-refractivity contribution in [3.63, 3.8) is 0 Å². The average Bonchev–Trinajstić information content (AvgIpc) is 3.50. The number of para-hydroxylation sites is 1. The molecule has 0 aliphatic heterocycles. The Balaban J connectivity index is 1.53. The van der Waals surface area contributed by atoms with Gasteiger partial charge in [0.15, 0.2) is 0 Å². The molecule has 5 aromatic rings. The zero-order chi connectivity index (χ0) is 25.3. The van der Waals surface area contributed by atoms with E-state index in [4.69, 9.17) is 9.62 Å². The molecule has 0 saturated carbocycles. The van der Waals surface area contributed by atoms with E-state index in [1.54, 1.807) is 5.48 Å². The molecule has 0 radical (unpaired) electrons. The maximum Gasteiger partial charge on any atom is 0.416 e. The van der Waals surface area contributed by atoms with Crippen molar-refractivity contribution in [2.45, 2.75) is 31.9 Å². The Morgan fingerprint density at radius 1 is 1.03 bits per heavy atom. The van der Waals surface area contributed by atoms with Crippen LogP contribution in [0.4, 0.5) is 13.2 Å². The van der Waals surface area contributed by atoms with Crippen LogP contribution >= 0.6 is 0 Å². The number of hydroxylamine groups is 1. The van der Waals surface area contributed by atoms with Gasteiger partial charge in [0.2, 0.25) is 11.8 Å². The summed E-state index contributed by atoms with van der Waals surface area (Å²) in [5.74, 6) is 0.0815. The van der Waals surface area contributed by atoms with E-state index in [1.807, 2.05) is 30.3 Å². The number of halogens is 3. The Kier molecular flexibility index (Phi) is 6.15. The smallest absolute Gasteiger partial charge is 0.416 e. The van der Waals surface area contributed by atoms with Gasteiger partial charge >= 0.3 is 6.18 Å². The molecule has 0 spiro atoms. The van der Waals surface area contributed by atoms with Gasteiger partial charge in [-0.3, -0.25) is 10.0 Å². The van der Waals surface area contributed by atoms with Gasteiger partial charge in [-0.2, -0.15) is 13.2 Å². The summed E-state index contributed by atoms with van der Waals surface area (Å²) < 4.78 is 45.1. The van der Waals surface area contributed by atoms with Crippen molar-refractivity contribution in [1.29, 1.82) is 0 Å². The van der Waals surface area contributed by atoms with E-state index < -0.39 is 17.6 Å². The molecule has 36 heavy (non-hydrogen) atoms. The number of nitrogens with one attached hydrogen (secondary N) is 2. The number of benzene rings is 2. The number of pyridine rings is 1. The van der Waals surface area contributed by atoms with Crippen molar-refractivity contribution in [1.82, 2.24) is 25.6 Å². The highest BCUT2D eigenvalue weighted by Gasteiger charge is 2.30. The van der Waals surface area contributed by atoms with Crippen LogP contribution in [0.3, 0.4) is 0 Å². The number of aryl methyl sites for hydroxylation is 1. The second-order valence-corrected chi connectivity index (χ2v) is 8.27. The summed E-state index contributed by atoms with van der Waals surface area (Å²) in [7, 11) is 0. The third kappa shape index (κ3) is 4.65. The topological polar surface area (TPSA) is 117 Å². The highest BCUT2D eigenvalue weighted by molar-refractivity contribution is 6.11. The van der Waals surface area contributed by atoms with Crippen LogP contribution < -0.4 is 5.48 Å². The lowest BCUT2D eigenvalue weighted by molar-refractivity contribution is -0.137. The van der Waals surface area contributed by atoms with Crippen LogP contribution in [0.5, 0.6) is 0 Å². The minimum absolute atomic E-state index is 0.173. The predicted octanol–water partition coefficient (Wildman–Crippen LogP) is 5.67. The summed E-state index contributed by atoms with van der Waals surface area (Å²) in [6, 6.07) is 14.3. The Hall–Kier alpha value is -4.25. The molecule has 8 nitrogen and oxygen atoms in total. The molecule has 3 heterocycles. The zero-order valence-electron chi connectivity index (χ0n) is 18.8. The van der Waals surface area contributed by atoms with Crippen LogP contribution in [0.2, 0.25) is 0 Å². The number of fused-ring (bicyclic) bond motifs is 3. The number of aromatic nitrogens is 4. The summed E-state index contributed by atoms with van der Waals surface area (Å²) in [4.78, 5) is 19.1. The Morgan fingerprint density at radius 2 is 1.81 bits per heavy atom. The van der Waals surface area contributed by atoms with Crippen LogP contribution in [-0.4, -0.2) is 31.3 Å². The third-order valence-electron chi connectivity index (χ3n) is 5.84. The number of hydrogen-bond donors (Lipinski definition) is 3. The highest BCUT2D eigenvalue weighted by Crippen LogP contribution is 2.36. The molecule has 0 fully saturated rings. The Morgan fingerprint density at radius 3 is 2.56 bits per heavy atom. The molecule has 0 unspecified atom stereocenters. The number of alkyl halides is 3. The molecule has 184 valence electrons. The minimum atomic E-state index is -4.44. The monoisotopic (exact) mass is 495 g/mol. The van der Waals surface area contributed by atoms with E-state index in [-0.39, 0.29) is 12.3 Å². The number of amides is 1. The van der Waals surface area contributed by atoms with Gasteiger partial charge < -0.3 is 9.40 Å². The largest absolute Gasteiger partial charge is 0.419 e. The van der Waals surface area contributed by atoms with Crippen molar-refractivity contribution < 1.29 is 27.6 Å². The van der Waals surface area contributed by atoms with E-state index in [0.717, 1.165) is 28.4 Å². The first-order chi connectivity index (χ1) is 17.3. The maximum absolute atomic E-state index is 13.1. The normalized spacial score (nSPS) is 11.9. The zero-order valence-corrected chi connectivity index (χ0v) is 18.8. The first kappa shape index (κ1) is 23.5. The Labute approximate surface area is 202 Å². The highest BCUT2D eigenvalue weighted by atomic mass is 19.4. The standard InChI is InChI=1S/C25H20F3N5O3/c26-25(27,28)15-11-9-14(10-12-15)22-23-17(16-5-1-2-6-18(16)29-23)13-19(30-22)24-32-31-21(36-24)8-4-3-7-20(34)33-35/h1-2,5-6,9-13,29,35H,3-4,7-8H2,(H,33,34). The summed E-state index contributed by atoms with van der Waals surface area (Å²) in [6.45, 7) is 0. The molecule has 3 aromatic heterocycles. The number of aromatic amines is 1. The molecule has 5 rings (SSSR count). The number of unbranched alkanes of at least 4 members (excludes halogenated alkanes) is 1. The van der Waals surface area contributed by atoms with Gasteiger partial charge in [0.1, 0.15) is 5.69 Å². The summed E-state index contributed by atoms with van der Waals surface area (Å²) in [5, 5.41) is 18.5. The Bertz CT molecular complexity index is 1540. The first-order valence-electron chi connectivity index (χ1n) is 11.2. The summed E-state index contributed by atoms with van der Waals surface area (Å²) >= 11 is 0. The molecule has 0 atom stereocenters. The van der Waals surface area contributed by atoms with E-state index in [9.17, 15) is 18.0 Å². The van der Waals surface area contributed by atoms with Gasteiger partial charge in [-0.1, -0.05) is 30.3 Å². The van der Waals surface area contributed by atoms with E-state index >= 15 is 0 Å². The SMILES string of the molecule is O=C(CCCCc1nnc(-c2cc3c([nH]c4ccccc43)c(-c3ccc(C(F)(F)F)cc3)n2)o1)NO. The summed E-state index contributed by atoms with van der Waals surface area (Å²) in [6.07, 6.45) is -2.70. The number of hydrogen-bond acceptors (Lipinski definition) is 6. The van der Waals surface area contributed by atoms with Crippen LogP contribution in [0, 0.1) is 0 Å². The van der Waals surface area contributed by atoms with Crippen LogP contribution in [0.25, 0.3) is 44.6 Å². The summed E-state index contributed by atoms with van der Waals surface area (Å²) in [5.41, 5.74) is 3.74. The van der Waals surface area contributed by atoms with E-state index in [1.165, 1.54) is 12.1 Å². The van der Waals surface area contributed by atoms with Gasteiger partial charge in [0.05, 0.1) is 16.8 Å². The fraction of sp³-hybridized carbons (Fsp3) is 0.200. The lowest BCUT2D eigenvalue weighted by atomic mass is 10.0. The van der Waals surface area contributed by atoms with Gasteiger partial charge in [-0.15, -0.1) is 10.2 Å². The lowest BCUT2D eigenvalue weighted by Gasteiger charge is -2.09. The van der Waals surface area contributed by atoms with Crippen molar-refractivity contribution in [2.24, 2.45) is 0 Å². The average molecular weight is 495 g/mol. The fourth-order valence-corrected chi connectivity index (χ4v) is 4.06. The van der Waals surface area contributed by atoms with Crippen molar-refractivity contribution in [3.8, 4) is 22.8 Å². The predicted molar refractivity (Wildman–Crippen MR) is 125 cm³/mol. The van der Waals surface area contributed by atoms with E-state index in [0.29, 0.717) is 47.6 Å². The van der Waals surface area contributed by atoms with Crippen molar-refractivity contribution in [2.75, 3.05) is 0 Å². The fourth-order valence-electron chi connectivity index (χ4n) is 4.06. The minimum Gasteiger partial charge on any atom is -0.419 e. The van der Waals surface area contributed by atoms with Crippen molar-refractivity contribution in [3.05, 3.63) is 66.1 Å².